The van der Waals surface area contributed by atoms with Gasteiger partial charge in [0.1, 0.15) is 17.5 Å². The number of nitrogens with zero attached hydrogens (tertiary/aromatic N) is 4. The van der Waals surface area contributed by atoms with Crippen molar-refractivity contribution in [3.63, 3.8) is 0 Å². The van der Waals surface area contributed by atoms with Crippen LogP contribution in [-0.4, -0.2) is 44.6 Å². The third-order valence-corrected chi connectivity index (χ3v) is 4.90. The van der Waals surface area contributed by atoms with Crippen molar-refractivity contribution in [2.75, 3.05) is 12.4 Å². The number of para-hydroxylation sites is 2. The second-order valence-corrected chi connectivity index (χ2v) is 6.76. The van der Waals surface area contributed by atoms with E-state index in [0.29, 0.717) is 17.5 Å². The van der Waals surface area contributed by atoms with Gasteiger partial charge in [-0.25, -0.2) is 0 Å². The van der Waals surface area contributed by atoms with Gasteiger partial charge in [-0.3, -0.25) is 4.79 Å². The topological polar surface area (TPSA) is 79.1 Å². The predicted octanol–water partition coefficient (Wildman–Crippen LogP) is 3.03. The lowest BCUT2D eigenvalue weighted by atomic mass is 9.98. The summed E-state index contributed by atoms with van der Waals surface area (Å²) in [7, 11) is 0. The van der Waals surface area contributed by atoms with Gasteiger partial charge in [-0.2, -0.15) is 4.68 Å². The lowest BCUT2D eigenvalue weighted by Gasteiger charge is -2.21. The third kappa shape index (κ3) is 4.72. The zero-order valence-electron chi connectivity index (χ0n) is 14.3. The molecule has 0 bridgehead atoms. The standard InChI is InChI=1S/C17H22N4O3S/c1-2-23-15-11-7-6-10-14(15)21-17(18-19-20-21)25-12-16(22)24-13-8-4-3-5-9-13/h6-7,10-11,13H,2-5,8-9,12H2,1H3. The maximum absolute atomic E-state index is 12.1. The van der Waals surface area contributed by atoms with Gasteiger partial charge in [-0.15, -0.1) is 5.10 Å². The van der Waals surface area contributed by atoms with Crippen LogP contribution in [0.5, 0.6) is 5.75 Å². The Morgan fingerprint density at radius 2 is 2.08 bits per heavy atom. The molecular weight excluding hydrogens is 340 g/mol. The number of ether oxygens (including phenoxy) is 2. The molecule has 25 heavy (non-hydrogen) atoms. The van der Waals surface area contributed by atoms with E-state index in [1.165, 1.54) is 18.2 Å². The van der Waals surface area contributed by atoms with Crippen LogP contribution >= 0.6 is 11.8 Å². The normalized spacial score (nSPS) is 15.1. The summed E-state index contributed by atoms with van der Waals surface area (Å²) in [4.78, 5) is 12.1. The zero-order valence-corrected chi connectivity index (χ0v) is 15.1. The van der Waals surface area contributed by atoms with Crippen molar-refractivity contribution < 1.29 is 14.3 Å². The predicted molar refractivity (Wildman–Crippen MR) is 94.0 cm³/mol. The molecule has 1 aliphatic rings. The average molecular weight is 362 g/mol. The Kier molecular flexibility index (Phi) is 6.27. The van der Waals surface area contributed by atoms with E-state index in [2.05, 4.69) is 15.5 Å². The van der Waals surface area contributed by atoms with Crippen molar-refractivity contribution in [1.29, 1.82) is 0 Å². The number of carbonyl (C=O) groups is 1. The highest BCUT2D eigenvalue weighted by atomic mass is 32.2. The van der Waals surface area contributed by atoms with E-state index in [1.54, 1.807) is 4.68 Å². The first-order valence-electron chi connectivity index (χ1n) is 8.60. The van der Waals surface area contributed by atoms with Gasteiger partial charge in [-0.05, 0) is 55.2 Å². The highest BCUT2D eigenvalue weighted by Crippen LogP contribution is 2.26. The number of hydrogen-bond acceptors (Lipinski definition) is 7. The molecule has 0 spiro atoms. The number of carbonyl (C=O) groups excluding carboxylic acids is 1. The zero-order chi connectivity index (χ0) is 17.5. The van der Waals surface area contributed by atoms with Crippen LogP contribution in [0.25, 0.3) is 5.69 Å². The Morgan fingerprint density at radius 3 is 2.88 bits per heavy atom. The summed E-state index contributed by atoms with van der Waals surface area (Å²) in [5.41, 5.74) is 0.748. The number of esters is 1. The summed E-state index contributed by atoms with van der Waals surface area (Å²) >= 11 is 1.27. The number of hydrogen-bond donors (Lipinski definition) is 0. The highest BCUT2D eigenvalue weighted by molar-refractivity contribution is 7.99. The Balaban J connectivity index is 1.63. The van der Waals surface area contributed by atoms with Crippen LogP contribution in [0.1, 0.15) is 39.0 Å². The fraction of sp³-hybridized carbons (Fsp3) is 0.529. The first-order chi connectivity index (χ1) is 12.3. The molecule has 2 aromatic rings. The summed E-state index contributed by atoms with van der Waals surface area (Å²) in [5.74, 6) is 0.668. The second kappa shape index (κ2) is 8.84. The van der Waals surface area contributed by atoms with Crippen LogP contribution in [0.15, 0.2) is 29.4 Å². The van der Waals surface area contributed by atoms with E-state index in [0.717, 1.165) is 31.4 Å². The van der Waals surface area contributed by atoms with Gasteiger partial charge in [-0.1, -0.05) is 30.3 Å². The van der Waals surface area contributed by atoms with Crippen LogP contribution in [-0.2, 0) is 9.53 Å². The molecule has 0 amide bonds. The Hall–Kier alpha value is -2.09. The van der Waals surface area contributed by atoms with Gasteiger partial charge in [0, 0.05) is 0 Å². The molecular formula is C17H22N4O3S. The third-order valence-electron chi connectivity index (χ3n) is 4.00. The lowest BCUT2D eigenvalue weighted by Crippen LogP contribution is -2.22. The maximum atomic E-state index is 12.1. The van der Waals surface area contributed by atoms with E-state index >= 15 is 0 Å². The van der Waals surface area contributed by atoms with Gasteiger partial charge in [0.25, 0.3) is 0 Å². The molecule has 0 N–H and O–H groups in total. The quantitative estimate of drug-likeness (QED) is 0.553. The summed E-state index contributed by atoms with van der Waals surface area (Å²) in [6.07, 6.45) is 5.51. The Labute approximate surface area is 151 Å². The van der Waals surface area contributed by atoms with Gasteiger partial charge in [0.15, 0.2) is 0 Å². The van der Waals surface area contributed by atoms with Crippen LogP contribution < -0.4 is 4.74 Å². The number of thioether (sulfide) groups is 1. The summed E-state index contributed by atoms with van der Waals surface area (Å²) in [6.45, 7) is 2.47. The SMILES string of the molecule is CCOc1ccccc1-n1nnnc1SCC(=O)OC1CCCCC1. The summed E-state index contributed by atoms with van der Waals surface area (Å²) in [5, 5.41) is 12.3. The highest BCUT2D eigenvalue weighted by Gasteiger charge is 2.19. The molecule has 134 valence electrons. The van der Waals surface area contributed by atoms with Crippen molar-refractivity contribution in [2.45, 2.75) is 50.3 Å². The molecule has 1 heterocycles. The van der Waals surface area contributed by atoms with Gasteiger partial charge < -0.3 is 9.47 Å². The lowest BCUT2D eigenvalue weighted by molar-refractivity contribution is -0.147. The number of aromatic nitrogens is 4. The molecule has 1 fully saturated rings. The molecule has 0 saturated heterocycles. The Morgan fingerprint density at radius 1 is 1.28 bits per heavy atom. The molecule has 0 radical (unpaired) electrons. The number of rotatable bonds is 7. The van der Waals surface area contributed by atoms with Crippen molar-refractivity contribution in [3.8, 4) is 11.4 Å². The van der Waals surface area contributed by atoms with E-state index < -0.39 is 0 Å². The van der Waals surface area contributed by atoms with Crippen LogP contribution in [0.2, 0.25) is 0 Å². The van der Waals surface area contributed by atoms with Crippen molar-refractivity contribution in [2.24, 2.45) is 0 Å². The van der Waals surface area contributed by atoms with Crippen molar-refractivity contribution in [3.05, 3.63) is 24.3 Å². The molecule has 1 aliphatic carbocycles. The van der Waals surface area contributed by atoms with Crippen LogP contribution in [0, 0.1) is 0 Å². The molecule has 0 atom stereocenters. The minimum atomic E-state index is -0.218. The first-order valence-corrected chi connectivity index (χ1v) is 9.59. The largest absolute Gasteiger partial charge is 0.492 e. The molecule has 1 aromatic carbocycles. The molecule has 0 aliphatic heterocycles. The molecule has 0 unspecified atom stereocenters. The van der Waals surface area contributed by atoms with E-state index in [1.807, 2.05) is 31.2 Å². The smallest absolute Gasteiger partial charge is 0.316 e. The van der Waals surface area contributed by atoms with E-state index in [9.17, 15) is 4.79 Å². The van der Waals surface area contributed by atoms with Crippen LogP contribution in [0.3, 0.4) is 0 Å². The maximum Gasteiger partial charge on any atom is 0.316 e. The molecule has 1 saturated carbocycles. The fourth-order valence-electron chi connectivity index (χ4n) is 2.86. The fourth-order valence-corrected chi connectivity index (χ4v) is 3.52. The summed E-state index contributed by atoms with van der Waals surface area (Å²) < 4.78 is 12.7. The number of benzene rings is 1. The van der Waals surface area contributed by atoms with E-state index in [-0.39, 0.29) is 17.8 Å². The van der Waals surface area contributed by atoms with Gasteiger partial charge >= 0.3 is 5.97 Å². The monoisotopic (exact) mass is 362 g/mol. The molecule has 1 aromatic heterocycles. The molecule has 8 heteroatoms. The first kappa shape index (κ1) is 17.7. The van der Waals surface area contributed by atoms with Gasteiger partial charge in [0.2, 0.25) is 5.16 Å². The van der Waals surface area contributed by atoms with Crippen molar-refractivity contribution in [1.82, 2.24) is 20.2 Å². The molecule has 3 rings (SSSR count). The molecule has 7 nitrogen and oxygen atoms in total. The van der Waals surface area contributed by atoms with Crippen molar-refractivity contribution >= 4 is 17.7 Å². The minimum absolute atomic E-state index is 0.0662. The number of tetrazole rings is 1. The average Bonchev–Trinajstić information content (AvgIpc) is 3.10. The van der Waals surface area contributed by atoms with E-state index in [4.69, 9.17) is 9.47 Å². The summed E-state index contributed by atoms with van der Waals surface area (Å²) in [6, 6.07) is 7.54. The minimum Gasteiger partial charge on any atom is -0.492 e. The second-order valence-electron chi connectivity index (χ2n) is 5.81. The van der Waals surface area contributed by atoms with Crippen LogP contribution in [0.4, 0.5) is 0 Å². The van der Waals surface area contributed by atoms with Gasteiger partial charge in [0.05, 0.1) is 12.4 Å². The Bertz CT molecular complexity index is 701.